The van der Waals surface area contributed by atoms with E-state index in [1.807, 2.05) is 26.2 Å². The van der Waals surface area contributed by atoms with Gasteiger partial charge in [0.25, 0.3) is 5.91 Å². The van der Waals surface area contributed by atoms with Crippen LogP contribution in [-0.4, -0.2) is 47.6 Å². The molecule has 2 aromatic heterocycles. The van der Waals surface area contributed by atoms with E-state index in [9.17, 15) is 4.79 Å². The first-order valence-electron chi connectivity index (χ1n) is 7.30. The highest BCUT2D eigenvalue weighted by Crippen LogP contribution is 2.18. The molecule has 118 valence electrons. The van der Waals surface area contributed by atoms with Gasteiger partial charge in [-0.1, -0.05) is 19.0 Å². The molecule has 22 heavy (non-hydrogen) atoms. The number of nitrogens with zero attached hydrogens (tertiary/aromatic N) is 3. The highest BCUT2D eigenvalue weighted by molar-refractivity contribution is 5.93. The molecule has 2 rings (SSSR count). The molecule has 0 saturated carbocycles. The highest BCUT2D eigenvalue weighted by atomic mass is 16.5. The van der Waals surface area contributed by atoms with E-state index in [2.05, 4.69) is 34.2 Å². The Morgan fingerprint density at radius 2 is 2.18 bits per heavy atom. The van der Waals surface area contributed by atoms with Crippen molar-refractivity contribution in [2.24, 2.45) is 5.92 Å². The van der Waals surface area contributed by atoms with Crippen LogP contribution in [0.4, 0.5) is 0 Å². The van der Waals surface area contributed by atoms with Gasteiger partial charge in [-0.3, -0.25) is 9.78 Å². The molecule has 0 spiro atoms. The van der Waals surface area contributed by atoms with Gasteiger partial charge in [-0.05, 0) is 32.1 Å². The second kappa shape index (κ2) is 7.17. The molecule has 1 N–H and O–H groups in total. The van der Waals surface area contributed by atoms with Crippen LogP contribution in [0.15, 0.2) is 35.1 Å². The highest BCUT2D eigenvalue weighted by Gasteiger charge is 2.19. The number of amides is 1. The number of hydrogen-bond acceptors (Lipinski definition) is 5. The quantitative estimate of drug-likeness (QED) is 0.884. The average molecular weight is 302 g/mol. The maximum Gasteiger partial charge on any atom is 0.273 e. The van der Waals surface area contributed by atoms with Crippen molar-refractivity contribution >= 4 is 5.91 Å². The summed E-state index contributed by atoms with van der Waals surface area (Å²) in [5, 5.41) is 6.74. The van der Waals surface area contributed by atoms with Crippen LogP contribution in [-0.2, 0) is 0 Å². The summed E-state index contributed by atoms with van der Waals surface area (Å²) in [6.07, 6.45) is 3.35. The molecule has 0 aromatic carbocycles. The Morgan fingerprint density at radius 3 is 2.77 bits per heavy atom. The summed E-state index contributed by atoms with van der Waals surface area (Å²) in [4.78, 5) is 18.3. The summed E-state index contributed by atoms with van der Waals surface area (Å²) in [5.41, 5.74) is 1.07. The molecule has 6 nitrogen and oxygen atoms in total. The monoisotopic (exact) mass is 302 g/mol. The van der Waals surface area contributed by atoms with E-state index in [4.69, 9.17) is 4.52 Å². The lowest BCUT2D eigenvalue weighted by atomic mass is 10.0. The average Bonchev–Trinajstić information content (AvgIpc) is 2.97. The fourth-order valence-corrected chi connectivity index (χ4v) is 2.33. The maximum atomic E-state index is 12.2. The molecular formula is C16H22N4O2. The minimum absolute atomic E-state index is 0.230. The predicted molar refractivity (Wildman–Crippen MR) is 84.4 cm³/mol. The summed E-state index contributed by atoms with van der Waals surface area (Å²) >= 11 is 0. The van der Waals surface area contributed by atoms with Gasteiger partial charge in [-0.2, -0.15) is 0 Å². The van der Waals surface area contributed by atoms with Gasteiger partial charge in [-0.25, -0.2) is 0 Å². The largest absolute Gasteiger partial charge is 0.355 e. The SMILES string of the molecule is CC(C)C(CNC(=O)c1cc(-c2cccnc2)on1)N(C)C. The number of nitrogens with one attached hydrogen (secondary N) is 1. The van der Waals surface area contributed by atoms with Crippen LogP contribution in [0.1, 0.15) is 24.3 Å². The van der Waals surface area contributed by atoms with Gasteiger partial charge < -0.3 is 14.7 Å². The lowest BCUT2D eigenvalue weighted by Gasteiger charge is -2.27. The first-order valence-corrected chi connectivity index (χ1v) is 7.30. The number of carbonyl (C=O) groups is 1. The molecule has 2 aromatic rings. The molecule has 0 saturated heterocycles. The lowest BCUT2D eigenvalue weighted by Crippen LogP contribution is -2.43. The normalized spacial score (nSPS) is 12.6. The van der Waals surface area contributed by atoms with Gasteiger partial charge in [0, 0.05) is 36.6 Å². The van der Waals surface area contributed by atoms with Crippen molar-refractivity contribution in [3.05, 3.63) is 36.3 Å². The lowest BCUT2D eigenvalue weighted by molar-refractivity contribution is 0.0925. The van der Waals surface area contributed by atoms with Crippen LogP contribution in [0.25, 0.3) is 11.3 Å². The summed E-state index contributed by atoms with van der Waals surface area (Å²) in [5.74, 6) is 0.747. The Balaban J connectivity index is 2.01. The van der Waals surface area contributed by atoms with E-state index >= 15 is 0 Å². The third-order valence-electron chi connectivity index (χ3n) is 3.59. The number of likely N-dealkylation sites (N-methyl/N-ethyl adjacent to an activating group) is 1. The standard InChI is InChI=1S/C16H22N4O2/c1-11(2)14(20(3)4)10-18-16(21)13-8-15(22-19-13)12-6-5-7-17-9-12/h5-9,11,14H,10H2,1-4H3,(H,18,21). The van der Waals surface area contributed by atoms with E-state index in [1.54, 1.807) is 18.5 Å². The van der Waals surface area contributed by atoms with Crippen molar-refractivity contribution in [1.29, 1.82) is 0 Å². The number of pyridine rings is 1. The van der Waals surface area contributed by atoms with Crippen molar-refractivity contribution in [2.45, 2.75) is 19.9 Å². The predicted octanol–water partition coefficient (Wildman–Crippen LogP) is 2.05. The molecule has 0 aliphatic rings. The minimum Gasteiger partial charge on any atom is -0.355 e. The van der Waals surface area contributed by atoms with Gasteiger partial charge in [0.15, 0.2) is 11.5 Å². The van der Waals surface area contributed by atoms with Crippen LogP contribution in [0.3, 0.4) is 0 Å². The van der Waals surface area contributed by atoms with E-state index in [1.165, 1.54) is 0 Å². The molecule has 6 heteroatoms. The topological polar surface area (TPSA) is 71.3 Å². The van der Waals surface area contributed by atoms with Crippen LogP contribution >= 0.6 is 0 Å². The third-order valence-corrected chi connectivity index (χ3v) is 3.59. The van der Waals surface area contributed by atoms with Gasteiger partial charge >= 0.3 is 0 Å². The summed E-state index contributed by atoms with van der Waals surface area (Å²) < 4.78 is 5.21. The zero-order valence-corrected chi connectivity index (χ0v) is 13.4. The van der Waals surface area contributed by atoms with E-state index < -0.39 is 0 Å². The van der Waals surface area contributed by atoms with E-state index in [-0.39, 0.29) is 17.6 Å². The third kappa shape index (κ3) is 3.92. The maximum absolute atomic E-state index is 12.2. The van der Waals surface area contributed by atoms with Crippen molar-refractivity contribution in [1.82, 2.24) is 20.4 Å². The fourth-order valence-electron chi connectivity index (χ4n) is 2.33. The molecule has 1 amide bonds. The zero-order valence-electron chi connectivity index (χ0n) is 13.4. The van der Waals surface area contributed by atoms with Crippen molar-refractivity contribution in [3.8, 4) is 11.3 Å². The molecule has 0 bridgehead atoms. The molecule has 0 aliphatic carbocycles. The smallest absolute Gasteiger partial charge is 0.273 e. The van der Waals surface area contributed by atoms with Crippen LogP contribution < -0.4 is 5.32 Å². The molecular weight excluding hydrogens is 280 g/mol. The Bertz CT molecular complexity index is 600. The number of aromatic nitrogens is 2. The fraction of sp³-hybridized carbons (Fsp3) is 0.438. The zero-order chi connectivity index (χ0) is 16.1. The first kappa shape index (κ1) is 16.2. The van der Waals surface area contributed by atoms with Crippen LogP contribution in [0, 0.1) is 5.92 Å². The molecule has 0 fully saturated rings. The summed E-state index contributed by atoms with van der Waals surface area (Å²) in [6, 6.07) is 5.57. The van der Waals surface area contributed by atoms with Crippen molar-refractivity contribution < 1.29 is 9.32 Å². The van der Waals surface area contributed by atoms with Gasteiger partial charge in [0.1, 0.15) is 0 Å². The Labute approximate surface area is 130 Å². The summed E-state index contributed by atoms with van der Waals surface area (Å²) in [6.45, 7) is 4.83. The molecule has 1 atom stereocenters. The first-order chi connectivity index (χ1) is 10.5. The number of carbonyl (C=O) groups excluding carboxylic acids is 1. The van der Waals surface area contributed by atoms with Crippen molar-refractivity contribution in [2.75, 3.05) is 20.6 Å². The van der Waals surface area contributed by atoms with E-state index in [0.29, 0.717) is 18.2 Å². The summed E-state index contributed by atoms with van der Waals surface area (Å²) in [7, 11) is 4.01. The van der Waals surface area contributed by atoms with Crippen LogP contribution in [0.5, 0.6) is 0 Å². The van der Waals surface area contributed by atoms with Crippen LogP contribution in [0.2, 0.25) is 0 Å². The second-order valence-electron chi connectivity index (χ2n) is 5.80. The second-order valence-corrected chi connectivity index (χ2v) is 5.80. The number of rotatable bonds is 6. The Morgan fingerprint density at radius 1 is 1.41 bits per heavy atom. The molecule has 0 radical (unpaired) electrons. The van der Waals surface area contributed by atoms with Gasteiger partial charge in [0.05, 0.1) is 0 Å². The van der Waals surface area contributed by atoms with Crippen molar-refractivity contribution in [3.63, 3.8) is 0 Å². The molecule has 2 heterocycles. The minimum atomic E-state index is -0.230. The molecule has 0 aliphatic heterocycles. The molecule has 1 unspecified atom stereocenters. The Hall–Kier alpha value is -2.21. The van der Waals surface area contributed by atoms with Gasteiger partial charge in [-0.15, -0.1) is 0 Å². The van der Waals surface area contributed by atoms with Gasteiger partial charge in [0.2, 0.25) is 0 Å². The Kier molecular flexibility index (Phi) is 5.27. The number of hydrogen-bond donors (Lipinski definition) is 1. The van der Waals surface area contributed by atoms with E-state index in [0.717, 1.165) is 5.56 Å².